The van der Waals surface area contributed by atoms with Crippen LogP contribution in [0.25, 0.3) is 31.8 Å². The number of rotatable bonds is 2. The molecule has 2 aromatic carbocycles. The van der Waals surface area contributed by atoms with E-state index in [2.05, 4.69) is 9.88 Å². The maximum absolute atomic E-state index is 13.9. The Morgan fingerprint density at radius 3 is 2.72 bits per heavy atom. The number of fused-ring (bicyclic) bond motifs is 6. The van der Waals surface area contributed by atoms with Crippen molar-refractivity contribution in [3.8, 4) is 0 Å². The van der Waals surface area contributed by atoms with E-state index in [9.17, 15) is 14.0 Å². The molecule has 0 aliphatic carbocycles. The first-order valence-corrected chi connectivity index (χ1v) is 10.1. The lowest BCUT2D eigenvalue weighted by molar-refractivity contribution is -0.129. The Balaban J connectivity index is 1.67. The molecular weight excluding hydrogens is 393 g/mol. The molecular formula is C20H18FN5O2S. The van der Waals surface area contributed by atoms with Gasteiger partial charge in [0.05, 0.1) is 22.1 Å². The van der Waals surface area contributed by atoms with Crippen LogP contribution in [-0.4, -0.2) is 53.5 Å². The molecule has 1 saturated heterocycles. The van der Waals surface area contributed by atoms with Gasteiger partial charge in [0.25, 0.3) is 5.56 Å². The maximum atomic E-state index is 13.9. The van der Waals surface area contributed by atoms with Gasteiger partial charge in [-0.2, -0.15) is 0 Å². The minimum absolute atomic E-state index is 0.0181. The third kappa shape index (κ3) is 2.85. The Kier molecular flexibility index (Phi) is 4.21. The first-order valence-electron chi connectivity index (χ1n) is 9.33. The van der Waals surface area contributed by atoms with E-state index >= 15 is 0 Å². The predicted molar refractivity (Wildman–Crippen MR) is 113 cm³/mol. The molecule has 0 atom stereocenters. The van der Waals surface area contributed by atoms with E-state index in [1.807, 2.05) is 6.07 Å². The molecule has 29 heavy (non-hydrogen) atoms. The van der Waals surface area contributed by atoms with Crippen LogP contribution in [0.1, 0.15) is 0 Å². The number of H-pyrrole nitrogens is 1. The van der Waals surface area contributed by atoms with Crippen LogP contribution in [0.5, 0.6) is 0 Å². The number of amides is 1. The zero-order valence-electron chi connectivity index (χ0n) is 15.4. The molecule has 7 nitrogen and oxygen atoms in total. The summed E-state index contributed by atoms with van der Waals surface area (Å²) in [5.41, 5.74) is 5.97. The number of anilines is 1. The lowest BCUT2D eigenvalue weighted by Gasteiger charge is -2.34. The summed E-state index contributed by atoms with van der Waals surface area (Å²) in [5.74, 6) is -0.440. The third-order valence-corrected chi connectivity index (χ3v) is 6.55. The van der Waals surface area contributed by atoms with Gasteiger partial charge in [-0.25, -0.2) is 9.37 Å². The minimum atomic E-state index is -0.391. The van der Waals surface area contributed by atoms with E-state index in [0.29, 0.717) is 37.0 Å². The smallest absolute Gasteiger partial charge is 0.256 e. The summed E-state index contributed by atoms with van der Waals surface area (Å²) in [4.78, 5) is 35.8. The number of aromatic nitrogens is 2. The molecule has 0 saturated carbocycles. The average Bonchev–Trinajstić information content (AvgIpc) is 3.19. The summed E-state index contributed by atoms with van der Waals surface area (Å²) in [6.45, 7) is 2.54. The quantitative estimate of drug-likeness (QED) is 0.492. The van der Waals surface area contributed by atoms with E-state index in [-0.39, 0.29) is 18.0 Å². The fourth-order valence-electron chi connectivity index (χ4n) is 3.95. The summed E-state index contributed by atoms with van der Waals surface area (Å²) in [6, 6.07) is 6.30. The third-order valence-electron chi connectivity index (χ3n) is 5.40. The second kappa shape index (κ2) is 6.78. The van der Waals surface area contributed by atoms with Gasteiger partial charge in [-0.15, -0.1) is 0 Å². The highest BCUT2D eigenvalue weighted by molar-refractivity contribution is 7.23. The Bertz CT molecular complexity index is 1320. The Morgan fingerprint density at radius 2 is 1.97 bits per heavy atom. The molecule has 9 heteroatoms. The van der Waals surface area contributed by atoms with Crippen LogP contribution >= 0.6 is 11.3 Å². The lowest BCUT2D eigenvalue weighted by Crippen LogP contribution is -2.50. The van der Waals surface area contributed by atoms with Crippen molar-refractivity contribution in [3.63, 3.8) is 0 Å². The van der Waals surface area contributed by atoms with Crippen LogP contribution in [0.3, 0.4) is 0 Å². The van der Waals surface area contributed by atoms with Crippen molar-refractivity contribution in [2.45, 2.75) is 0 Å². The van der Waals surface area contributed by atoms with E-state index in [4.69, 9.17) is 10.7 Å². The van der Waals surface area contributed by atoms with Crippen LogP contribution in [0.15, 0.2) is 35.3 Å². The highest BCUT2D eigenvalue weighted by Gasteiger charge is 2.24. The SMILES string of the molecule is NCC(=O)N1CCN(c2nc3c4ccc(F)cc4c4c(=O)[nH]ccc4c3s2)CC1. The van der Waals surface area contributed by atoms with Crippen LogP contribution in [0.4, 0.5) is 9.52 Å². The van der Waals surface area contributed by atoms with Gasteiger partial charge in [-0.3, -0.25) is 9.59 Å². The average molecular weight is 411 g/mol. The number of thiazole rings is 1. The number of hydrogen-bond donors (Lipinski definition) is 2. The van der Waals surface area contributed by atoms with Gasteiger partial charge in [0.15, 0.2) is 5.13 Å². The second-order valence-electron chi connectivity index (χ2n) is 7.03. The van der Waals surface area contributed by atoms with E-state index in [1.165, 1.54) is 23.5 Å². The highest BCUT2D eigenvalue weighted by Crippen LogP contribution is 2.39. The molecule has 1 amide bonds. The van der Waals surface area contributed by atoms with Gasteiger partial charge in [-0.1, -0.05) is 11.3 Å². The molecule has 1 aliphatic heterocycles. The fourth-order valence-corrected chi connectivity index (χ4v) is 5.11. The van der Waals surface area contributed by atoms with Gasteiger partial charge >= 0.3 is 0 Å². The first kappa shape index (κ1) is 18.0. The van der Waals surface area contributed by atoms with Crippen molar-refractivity contribution in [1.29, 1.82) is 0 Å². The van der Waals surface area contributed by atoms with Crippen LogP contribution < -0.4 is 16.2 Å². The van der Waals surface area contributed by atoms with Crippen molar-refractivity contribution in [1.82, 2.24) is 14.9 Å². The highest BCUT2D eigenvalue weighted by atomic mass is 32.1. The Morgan fingerprint density at radius 1 is 1.17 bits per heavy atom. The molecule has 1 fully saturated rings. The number of carbonyl (C=O) groups is 1. The molecule has 0 bridgehead atoms. The molecule has 5 rings (SSSR count). The molecule has 2 aromatic heterocycles. The molecule has 0 radical (unpaired) electrons. The largest absolute Gasteiger partial charge is 0.345 e. The number of pyridine rings is 1. The van der Waals surface area contributed by atoms with Crippen molar-refractivity contribution < 1.29 is 9.18 Å². The second-order valence-corrected chi connectivity index (χ2v) is 8.01. The molecule has 3 N–H and O–H groups in total. The number of benzene rings is 2. The van der Waals surface area contributed by atoms with E-state index in [0.717, 1.165) is 26.1 Å². The maximum Gasteiger partial charge on any atom is 0.256 e. The summed E-state index contributed by atoms with van der Waals surface area (Å²) in [6.07, 6.45) is 1.60. The monoisotopic (exact) mass is 411 g/mol. The van der Waals surface area contributed by atoms with Crippen molar-refractivity contribution in [2.75, 3.05) is 37.6 Å². The molecule has 148 valence electrons. The fraction of sp³-hybridized carbons (Fsp3) is 0.250. The predicted octanol–water partition coefficient (Wildman–Crippen LogP) is 2.04. The topological polar surface area (TPSA) is 95.3 Å². The Labute approximate surface area is 168 Å². The molecule has 0 spiro atoms. The standard InChI is InChI=1S/C20H18FN5O2S/c21-11-1-2-12-14(9-11)16-13(3-4-23-19(16)28)18-17(12)24-20(29-18)26-7-5-25(6-8-26)15(27)10-22/h1-4,9H,5-8,10,22H2,(H,23,28). The van der Waals surface area contributed by atoms with Gasteiger partial charge < -0.3 is 20.5 Å². The van der Waals surface area contributed by atoms with Gasteiger partial charge in [0, 0.05) is 48.5 Å². The summed E-state index contributed by atoms with van der Waals surface area (Å²) in [5, 5.41) is 3.39. The van der Waals surface area contributed by atoms with Gasteiger partial charge in [0.1, 0.15) is 5.82 Å². The van der Waals surface area contributed by atoms with Crippen LogP contribution in [-0.2, 0) is 4.79 Å². The molecule has 4 aromatic rings. The van der Waals surface area contributed by atoms with E-state index < -0.39 is 5.82 Å². The van der Waals surface area contributed by atoms with Crippen LogP contribution in [0, 0.1) is 5.82 Å². The first-order chi connectivity index (χ1) is 14.1. The molecule has 1 aliphatic rings. The van der Waals surface area contributed by atoms with Crippen molar-refractivity contribution in [2.24, 2.45) is 5.73 Å². The summed E-state index contributed by atoms with van der Waals surface area (Å²) >= 11 is 1.52. The zero-order chi connectivity index (χ0) is 20.1. The number of nitrogens with zero attached hydrogens (tertiary/aromatic N) is 3. The zero-order valence-corrected chi connectivity index (χ0v) is 16.3. The van der Waals surface area contributed by atoms with Gasteiger partial charge in [0.2, 0.25) is 5.91 Å². The van der Waals surface area contributed by atoms with E-state index in [1.54, 1.807) is 17.2 Å². The number of halogens is 1. The molecule has 3 heterocycles. The number of aromatic amines is 1. The lowest BCUT2D eigenvalue weighted by atomic mass is 10.0. The number of hydrogen-bond acceptors (Lipinski definition) is 6. The number of nitrogens with two attached hydrogens (primary N) is 1. The summed E-state index contributed by atoms with van der Waals surface area (Å²) < 4.78 is 14.8. The van der Waals surface area contributed by atoms with Crippen molar-refractivity contribution in [3.05, 3.63) is 46.6 Å². The number of piperazine rings is 1. The molecule has 0 unspecified atom stereocenters. The van der Waals surface area contributed by atoms with Crippen LogP contribution in [0.2, 0.25) is 0 Å². The Hall–Kier alpha value is -3.04. The normalized spacial score (nSPS) is 15.0. The number of carbonyl (C=O) groups excluding carboxylic acids is 1. The number of nitrogens with one attached hydrogen (secondary N) is 1. The summed E-state index contributed by atoms with van der Waals surface area (Å²) in [7, 11) is 0. The minimum Gasteiger partial charge on any atom is -0.345 e. The van der Waals surface area contributed by atoms with Gasteiger partial charge in [-0.05, 0) is 24.3 Å². The van der Waals surface area contributed by atoms with Crippen molar-refractivity contribution >= 4 is 54.1 Å².